The van der Waals surface area contributed by atoms with Crippen LogP contribution in [0, 0.1) is 0 Å². The quantitative estimate of drug-likeness (QED) is 0.375. The molecule has 1 aromatic heterocycles. The second-order valence-electron chi connectivity index (χ2n) is 8.17. The molecule has 0 saturated carbocycles. The topological polar surface area (TPSA) is 70.8 Å². The summed E-state index contributed by atoms with van der Waals surface area (Å²) < 4.78 is 5.48. The first-order valence-corrected chi connectivity index (χ1v) is 11.0. The first-order chi connectivity index (χ1) is 16.6. The highest BCUT2D eigenvalue weighted by atomic mass is 16.3. The molecule has 0 N–H and O–H groups in total. The van der Waals surface area contributed by atoms with E-state index in [2.05, 4.69) is 0 Å². The molecule has 6 heteroatoms. The van der Waals surface area contributed by atoms with Crippen LogP contribution in [0.3, 0.4) is 0 Å². The van der Waals surface area contributed by atoms with Gasteiger partial charge in [-0.3, -0.25) is 19.3 Å². The summed E-state index contributed by atoms with van der Waals surface area (Å²) in [5.41, 5.74) is 3.01. The van der Waals surface area contributed by atoms with Crippen molar-refractivity contribution in [3.05, 3.63) is 131 Å². The van der Waals surface area contributed by atoms with Crippen LogP contribution in [0.4, 0.5) is 0 Å². The maximum absolute atomic E-state index is 13.5. The first-order valence-electron chi connectivity index (χ1n) is 11.0. The predicted octanol–water partition coefficient (Wildman–Crippen LogP) is 4.92. The van der Waals surface area contributed by atoms with Gasteiger partial charge in [-0.1, -0.05) is 54.6 Å². The molecule has 168 valence electrons. The summed E-state index contributed by atoms with van der Waals surface area (Å²) in [5, 5.41) is 0. The van der Waals surface area contributed by atoms with Crippen molar-refractivity contribution in [1.82, 2.24) is 9.80 Å². The average Bonchev–Trinajstić information content (AvgIpc) is 3.47. The Morgan fingerprint density at radius 2 is 1.41 bits per heavy atom. The van der Waals surface area contributed by atoms with Crippen molar-refractivity contribution in [2.45, 2.75) is 19.6 Å². The maximum Gasteiger partial charge on any atom is 0.261 e. The van der Waals surface area contributed by atoms with E-state index in [0.717, 1.165) is 5.56 Å². The van der Waals surface area contributed by atoms with Gasteiger partial charge >= 0.3 is 0 Å². The van der Waals surface area contributed by atoms with Gasteiger partial charge in [0.1, 0.15) is 5.76 Å². The molecule has 0 saturated heterocycles. The Balaban J connectivity index is 1.38. The van der Waals surface area contributed by atoms with Crippen molar-refractivity contribution in [2.24, 2.45) is 0 Å². The molecule has 5 rings (SSSR count). The average molecular weight is 450 g/mol. The number of carbonyl (C=O) groups excluding carboxylic acids is 3. The molecule has 0 atom stereocenters. The van der Waals surface area contributed by atoms with E-state index in [0.29, 0.717) is 41.1 Å². The van der Waals surface area contributed by atoms with Gasteiger partial charge in [-0.05, 0) is 47.5 Å². The highest BCUT2D eigenvalue weighted by molar-refractivity contribution is 6.21. The van der Waals surface area contributed by atoms with E-state index in [4.69, 9.17) is 4.42 Å². The van der Waals surface area contributed by atoms with E-state index in [9.17, 15) is 14.4 Å². The minimum absolute atomic E-state index is 0.102. The van der Waals surface area contributed by atoms with Crippen LogP contribution < -0.4 is 0 Å². The lowest BCUT2D eigenvalue weighted by atomic mass is 10.1. The molecule has 3 aromatic carbocycles. The molecule has 0 aliphatic carbocycles. The fraction of sp³-hybridized carbons (Fsp3) is 0.107. The normalized spacial score (nSPS) is 12.6. The molecule has 0 radical (unpaired) electrons. The number of rotatable bonds is 7. The van der Waals surface area contributed by atoms with Gasteiger partial charge in [0.2, 0.25) is 0 Å². The van der Waals surface area contributed by atoms with Crippen LogP contribution in [0.15, 0.2) is 102 Å². The fourth-order valence-corrected chi connectivity index (χ4v) is 4.14. The van der Waals surface area contributed by atoms with Gasteiger partial charge in [0.05, 0.1) is 30.5 Å². The molecule has 6 nitrogen and oxygen atoms in total. The molecule has 0 bridgehead atoms. The van der Waals surface area contributed by atoms with E-state index in [1.165, 1.54) is 4.90 Å². The number of carbonyl (C=O) groups is 3. The molecule has 0 spiro atoms. The SMILES string of the molecule is O=C(c1cccc(CN2C(=O)c3ccccc3C2=O)c1)N(Cc1ccccc1)Cc1ccco1. The van der Waals surface area contributed by atoms with Gasteiger partial charge < -0.3 is 9.32 Å². The fourth-order valence-electron chi connectivity index (χ4n) is 4.14. The summed E-state index contributed by atoms with van der Waals surface area (Å²) in [4.78, 5) is 41.9. The number of benzene rings is 3. The molecule has 34 heavy (non-hydrogen) atoms. The van der Waals surface area contributed by atoms with Crippen LogP contribution in [0.2, 0.25) is 0 Å². The van der Waals surface area contributed by atoms with Crippen LogP contribution in [-0.2, 0) is 19.6 Å². The Labute approximate surface area is 197 Å². The minimum atomic E-state index is -0.319. The van der Waals surface area contributed by atoms with E-state index in [1.807, 2.05) is 42.5 Å². The minimum Gasteiger partial charge on any atom is -0.467 e. The predicted molar refractivity (Wildman–Crippen MR) is 126 cm³/mol. The highest BCUT2D eigenvalue weighted by Gasteiger charge is 2.35. The van der Waals surface area contributed by atoms with E-state index in [1.54, 1.807) is 59.7 Å². The van der Waals surface area contributed by atoms with E-state index < -0.39 is 0 Å². The summed E-state index contributed by atoms with van der Waals surface area (Å²) in [5.74, 6) is -0.113. The Kier molecular flexibility index (Phi) is 5.79. The van der Waals surface area contributed by atoms with E-state index >= 15 is 0 Å². The van der Waals surface area contributed by atoms with Crippen molar-refractivity contribution in [2.75, 3.05) is 0 Å². The van der Waals surface area contributed by atoms with Crippen molar-refractivity contribution >= 4 is 17.7 Å². The van der Waals surface area contributed by atoms with Gasteiger partial charge in [-0.25, -0.2) is 0 Å². The van der Waals surface area contributed by atoms with Crippen LogP contribution in [-0.4, -0.2) is 27.5 Å². The maximum atomic E-state index is 13.5. The second kappa shape index (κ2) is 9.19. The van der Waals surface area contributed by atoms with Crippen molar-refractivity contribution < 1.29 is 18.8 Å². The smallest absolute Gasteiger partial charge is 0.261 e. The first kappa shape index (κ1) is 21.4. The van der Waals surface area contributed by atoms with Gasteiger partial charge in [-0.2, -0.15) is 0 Å². The van der Waals surface area contributed by atoms with Crippen LogP contribution in [0.5, 0.6) is 0 Å². The summed E-state index contributed by atoms with van der Waals surface area (Å²) in [6.07, 6.45) is 1.59. The third kappa shape index (κ3) is 4.26. The number of fused-ring (bicyclic) bond motifs is 1. The molecular formula is C28H22N2O4. The summed E-state index contributed by atoms with van der Waals surface area (Å²) in [7, 11) is 0. The zero-order valence-electron chi connectivity index (χ0n) is 18.4. The standard InChI is InChI=1S/C28H22N2O4/c31-26(29(19-23-12-7-15-34-23)17-20-8-2-1-3-9-20)22-11-6-10-21(16-22)18-30-27(32)24-13-4-5-14-25(24)28(30)33/h1-16H,17-19H2. The van der Waals surface area contributed by atoms with Crippen molar-refractivity contribution in [3.8, 4) is 0 Å². The van der Waals surface area contributed by atoms with Gasteiger partial charge in [0.15, 0.2) is 0 Å². The van der Waals surface area contributed by atoms with Crippen LogP contribution in [0.25, 0.3) is 0 Å². The second-order valence-corrected chi connectivity index (χ2v) is 8.17. The molecule has 3 amide bonds. The number of furan rings is 1. The summed E-state index contributed by atoms with van der Waals surface area (Å²) in [6, 6.07) is 27.3. The third-order valence-corrected chi connectivity index (χ3v) is 5.82. The highest BCUT2D eigenvalue weighted by Crippen LogP contribution is 2.25. The van der Waals surface area contributed by atoms with Gasteiger partial charge in [-0.15, -0.1) is 0 Å². The zero-order chi connectivity index (χ0) is 23.5. The molecule has 4 aromatic rings. The lowest BCUT2D eigenvalue weighted by molar-refractivity contribution is 0.0642. The molecule has 1 aliphatic rings. The Morgan fingerprint density at radius 3 is 2.09 bits per heavy atom. The number of nitrogens with zero attached hydrogens (tertiary/aromatic N) is 2. The number of hydrogen-bond acceptors (Lipinski definition) is 4. The molecule has 0 unspecified atom stereocenters. The van der Waals surface area contributed by atoms with Crippen molar-refractivity contribution in [3.63, 3.8) is 0 Å². The molecular weight excluding hydrogens is 428 g/mol. The van der Waals surface area contributed by atoms with Crippen LogP contribution >= 0.6 is 0 Å². The lowest BCUT2D eigenvalue weighted by Crippen LogP contribution is -2.31. The third-order valence-electron chi connectivity index (χ3n) is 5.82. The van der Waals surface area contributed by atoms with Crippen LogP contribution in [0.1, 0.15) is 48.0 Å². The Morgan fingerprint density at radius 1 is 0.735 bits per heavy atom. The number of hydrogen-bond donors (Lipinski definition) is 0. The Bertz CT molecular complexity index is 1310. The van der Waals surface area contributed by atoms with Gasteiger partial charge in [0, 0.05) is 12.1 Å². The lowest BCUT2D eigenvalue weighted by Gasteiger charge is -2.22. The number of amides is 3. The summed E-state index contributed by atoms with van der Waals surface area (Å²) >= 11 is 0. The van der Waals surface area contributed by atoms with Gasteiger partial charge in [0.25, 0.3) is 17.7 Å². The largest absolute Gasteiger partial charge is 0.467 e. The summed E-state index contributed by atoms with van der Waals surface area (Å²) in [6.45, 7) is 0.844. The Hall–Kier alpha value is -4.45. The zero-order valence-corrected chi connectivity index (χ0v) is 18.4. The van der Waals surface area contributed by atoms with E-state index in [-0.39, 0.29) is 24.3 Å². The monoisotopic (exact) mass is 450 g/mol. The van der Waals surface area contributed by atoms with Crippen molar-refractivity contribution in [1.29, 1.82) is 0 Å². The molecule has 2 heterocycles. The number of imide groups is 1. The molecule has 0 fully saturated rings. The molecule has 1 aliphatic heterocycles.